The second-order valence-electron chi connectivity index (χ2n) is 3.89. The van der Waals surface area contributed by atoms with E-state index in [1.165, 1.54) is 12.1 Å². The highest BCUT2D eigenvalue weighted by Crippen LogP contribution is 2.12. The predicted molar refractivity (Wildman–Crippen MR) is 90.1 cm³/mol. The molecule has 0 radical (unpaired) electrons. The van der Waals surface area contributed by atoms with Crippen molar-refractivity contribution in [3.05, 3.63) is 30.1 Å². The number of halogens is 2. The molecule has 2 N–H and O–H groups in total. The summed E-state index contributed by atoms with van der Waals surface area (Å²) in [6, 6.07) is 5.92. The van der Waals surface area contributed by atoms with Crippen LogP contribution in [0.1, 0.15) is 6.92 Å². The van der Waals surface area contributed by atoms with Crippen molar-refractivity contribution in [1.82, 2.24) is 10.6 Å². The van der Waals surface area contributed by atoms with Crippen molar-refractivity contribution < 1.29 is 9.13 Å². The summed E-state index contributed by atoms with van der Waals surface area (Å²) in [6.45, 7) is 2.87. The minimum Gasteiger partial charge on any atom is -0.489 e. The summed E-state index contributed by atoms with van der Waals surface area (Å²) >= 11 is 0. The van der Waals surface area contributed by atoms with E-state index in [2.05, 4.69) is 21.5 Å². The van der Waals surface area contributed by atoms with E-state index in [0.29, 0.717) is 24.8 Å². The monoisotopic (exact) mass is 391 g/mol. The molecule has 0 saturated heterocycles. The molecule has 1 aromatic rings. The highest BCUT2D eigenvalue weighted by molar-refractivity contribution is 14.0. The molecule has 1 aromatic carbocycles. The lowest BCUT2D eigenvalue weighted by atomic mass is 10.3. The molecule has 0 aromatic heterocycles. The molecule has 0 amide bonds. The summed E-state index contributed by atoms with van der Waals surface area (Å²) < 4.78 is 18.4. The lowest BCUT2D eigenvalue weighted by Crippen LogP contribution is -2.41. The van der Waals surface area contributed by atoms with Crippen molar-refractivity contribution in [2.45, 2.75) is 13.0 Å². The van der Waals surface area contributed by atoms with E-state index >= 15 is 0 Å². The van der Waals surface area contributed by atoms with Crippen LogP contribution in [0.3, 0.4) is 0 Å². The maximum Gasteiger partial charge on any atom is 0.191 e. The number of hydrogen-bond donors (Lipinski definition) is 2. The molecular weight excluding hydrogens is 372 g/mol. The van der Waals surface area contributed by atoms with Gasteiger partial charge in [-0.15, -0.1) is 30.4 Å². The third-order valence-corrected chi connectivity index (χ3v) is 2.29. The number of benzene rings is 1. The van der Waals surface area contributed by atoms with E-state index in [4.69, 9.17) is 11.2 Å². The van der Waals surface area contributed by atoms with Crippen LogP contribution in [0.15, 0.2) is 29.3 Å². The van der Waals surface area contributed by atoms with E-state index < -0.39 is 0 Å². The summed E-state index contributed by atoms with van der Waals surface area (Å²) in [6.07, 6.45) is 5.06. The molecule has 0 saturated carbocycles. The first-order valence-electron chi connectivity index (χ1n) is 5.96. The zero-order valence-corrected chi connectivity index (χ0v) is 13.9. The van der Waals surface area contributed by atoms with Crippen LogP contribution in [0, 0.1) is 18.2 Å². The Kier molecular flexibility index (Phi) is 9.55. The molecule has 20 heavy (non-hydrogen) atoms. The fourth-order valence-electron chi connectivity index (χ4n) is 1.38. The van der Waals surface area contributed by atoms with Gasteiger partial charge in [0.25, 0.3) is 0 Å². The normalized spacial score (nSPS) is 11.8. The average molecular weight is 391 g/mol. The summed E-state index contributed by atoms with van der Waals surface area (Å²) in [5.74, 6) is 3.43. The second-order valence-corrected chi connectivity index (χ2v) is 3.89. The fraction of sp³-hybridized carbons (Fsp3) is 0.357. The Hall–Kier alpha value is -1.49. The molecule has 1 unspecified atom stereocenters. The van der Waals surface area contributed by atoms with Crippen molar-refractivity contribution in [3.8, 4) is 18.1 Å². The molecule has 0 bridgehead atoms. The van der Waals surface area contributed by atoms with Gasteiger partial charge in [-0.2, -0.15) is 0 Å². The number of aliphatic imine (C=N–C) groups is 1. The van der Waals surface area contributed by atoms with Crippen LogP contribution in [-0.4, -0.2) is 32.2 Å². The van der Waals surface area contributed by atoms with Crippen LogP contribution in [0.5, 0.6) is 5.75 Å². The van der Waals surface area contributed by atoms with E-state index in [1.54, 1.807) is 19.2 Å². The Labute approximate surface area is 136 Å². The van der Waals surface area contributed by atoms with Crippen molar-refractivity contribution in [1.29, 1.82) is 0 Å². The number of nitrogens with zero attached hydrogens (tertiary/aromatic N) is 1. The number of terminal acetylenes is 1. The molecule has 4 nitrogen and oxygen atoms in total. The number of guanidine groups is 1. The first kappa shape index (κ1) is 18.5. The summed E-state index contributed by atoms with van der Waals surface area (Å²) in [5.41, 5.74) is 0. The Bertz CT molecular complexity index is 456. The van der Waals surface area contributed by atoms with Crippen molar-refractivity contribution in [3.63, 3.8) is 0 Å². The van der Waals surface area contributed by atoms with Gasteiger partial charge in [-0.05, 0) is 31.2 Å². The Morgan fingerprint density at radius 2 is 2.05 bits per heavy atom. The van der Waals surface area contributed by atoms with Gasteiger partial charge >= 0.3 is 0 Å². The Morgan fingerprint density at radius 3 is 2.60 bits per heavy atom. The van der Waals surface area contributed by atoms with Gasteiger partial charge in [-0.1, -0.05) is 5.92 Å². The SMILES string of the molecule is C#CCNC(=NC)NCC(C)Oc1ccc(F)cc1.I. The first-order chi connectivity index (χ1) is 9.15. The van der Waals surface area contributed by atoms with Crippen LogP contribution in [0.2, 0.25) is 0 Å². The first-order valence-corrected chi connectivity index (χ1v) is 5.96. The van der Waals surface area contributed by atoms with Gasteiger partial charge in [0, 0.05) is 7.05 Å². The van der Waals surface area contributed by atoms with E-state index in [-0.39, 0.29) is 35.9 Å². The average Bonchev–Trinajstić information content (AvgIpc) is 2.42. The summed E-state index contributed by atoms with van der Waals surface area (Å²) in [5, 5.41) is 6.02. The third kappa shape index (κ3) is 7.19. The number of hydrogen-bond acceptors (Lipinski definition) is 2. The molecule has 0 aliphatic carbocycles. The van der Waals surface area contributed by atoms with Crippen molar-refractivity contribution in [2.75, 3.05) is 20.1 Å². The molecule has 0 fully saturated rings. The van der Waals surface area contributed by atoms with Crippen molar-refractivity contribution in [2.24, 2.45) is 4.99 Å². The molecule has 0 aliphatic heterocycles. The maximum atomic E-state index is 12.7. The van der Waals surface area contributed by atoms with E-state index in [9.17, 15) is 4.39 Å². The molecule has 0 aliphatic rings. The number of ether oxygens (including phenoxy) is 1. The smallest absolute Gasteiger partial charge is 0.191 e. The molecule has 1 atom stereocenters. The van der Waals surface area contributed by atoms with Gasteiger partial charge in [-0.25, -0.2) is 4.39 Å². The highest BCUT2D eigenvalue weighted by Gasteiger charge is 2.05. The maximum absolute atomic E-state index is 12.7. The molecule has 110 valence electrons. The third-order valence-electron chi connectivity index (χ3n) is 2.29. The van der Waals surface area contributed by atoms with E-state index in [1.807, 2.05) is 6.92 Å². The fourth-order valence-corrected chi connectivity index (χ4v) is 1.38. The molecule has 0 heterocycles. The van der Waals surface area contributed by atoms with Gasteiger partial charge in [0.1, 0.15) is 17.7 Å². The standard InChI is InChI=1S/C14H18FN3O.HI/c1-4-9-17-14(16-3)18-10-11(2)19-13-7-5-12(15)6-8-13;/h1,5-8,11H,9-10H2,2-3H3,(H2,16,17,18);1H. The zero-order chi connectivity index (χ0) is 14.1. The van der Waals surface area contributed by atoms with Gasteiger partial charge in [0.15, 0.2) is 5.96 Å². The largest absolute Gasteiger partial charge is 0.489 e. The van der Waals surface area contributed by atoms with Crippen molar-refractivity contribution >= 4 is 29.9 Å². The van der Waals surface area contributed by atoms with Crippen LogP contribution in [0.25, 0.3) is 0 Å². The second kappa shape index (κ2) is 10.3. The van der Waals surface area contributed by atoms with Gasteiger partial charge in [0.2, 0.25) is 0 Å². The van der Waals surface area contributed by atoms with Gasteiger partial charge in [0.05, 0.1) is 13.1 Å². The van der Waals surface area contributed by atoms with Gasteiger partial charge < -0.3 is 15.4 Å². The molecule has 1 rings (SSSR count). The molecule has 6 heteroatoms. The Morgan fingerprint density at radius 1 is 1.40 bits per heavy atom. The van der Waals surface area contributed by atoms with Gasteiger partial charge in [-0.3, -0.25) is 4.99 Å². The topological polar surface area (TPSA) is 45.7 Å². The number of nitrogens with one attached hydrogen (secondary N) is 2. The Balaban J connectivity index is 0.00000361. The highest BCUT2D eigenvalue weighted by atomic mass is 127. The van der Waals surface area contributed by atoms with Crippen LogP contribution >= 0.6 is 24.0 Å². The predicted octanol–water partition coefficient (Wildman–Crippen LogP) is 2.01. The van der Waals surface area contributed by atoms with Crippen LogP contribution < -0.4 is 15.4 Å². The van der Waals surface area contributed by atoms with Crippen LogP contribution in [0.4, 0.5) is 4.39 Å². The quantitative estimate of drug-likeness (QED) is 0.350. The lowest BCUT2D eigenvalue weighted by Gasteiger charge is -2.17. The number of rotatable bonds is 5. The minimum atomic E-state index is -0.281. The zero-order valence-electron chi connectivity index (χ0n) is 11.5. The van der Waals surface area contributed by atoms with Crippen LogP contribution in [-0.2, 0) is 0 Å². The summed E-state index contributed by atoms with van der Waals surface area (Å²) in [7, 11) is 1.66. The lowest BCUT2D eigenvalue weighted by molar-refractivity contribution is 0.223. The minimum absolute atomic E-state index is 0. The van der Waals surface area contributed by atoms with E-state index in [0.717, 1.165) is 0 Å². The molecular formula is C14H19FIN3O. The molecule has 0 spiro atoms. The summed E-state index contributed by atoms with van der Waals surface area (Å²) in [4.78, 5) is 4.01.